The van der Waals surface area contributed by atoms with Crippen molar-refractivity contribution in [1.82, 2.24) is 9.55 Å². The van der Waals surface area contributed by atoms with Crippen LogP contribution in [0.1, 0.15) is 26.2 Å². The molecular weight excluding hydrogens is 328 g/mol. The molecule has 7 nitrogen and oxygen atoms in total. The normalized spacial score (nSPS) is 15.0. The highest BCUT2D eigenvalue weighted by atomic mass is 32.2. The van der Waals surface area contributed by atoms with Gasteiger partial charge >= 0.3 is 0 Å². The number of hydrogen-bond acceptors (Lipinski definition) is 4. The van der Waals surface area contributed by atoms with Gasteiger partial charge in [0, 0.05) is 25.7 Å². The van der Waals surface area contributed by atoms with Crippen LogP contribution in [0.5, 0.6) is 0 Å². The molecule has 0 atom stereocenters. The lowest BCUT2D eigenvalue weighted by molar-refractivity contribution is -0.117. The largest absolute Gasteiger partial charge is 0.336 e. The molecule has 0 spiro atoms. The van der Waals surface area contributed by atoms with Crippen molar-refractivity contribution in [3.8, 4) is 0 Å². The van der Waals surface area contributed by atoms with E-state index in [9.17, 15) is 13.2 Å². The third kappa shape index (κ3) is 3.28. The van der Waals surface area contributed by atoms with Crippen LogP contribution in [0.3, 0.4) is 0 Å². The van der Waals surface area contributed by atoms with Crippen molar-refractivity contribution < 1.29 is 13.2 Å². The fourth-order valence-electron chi connectivity index (χ4n) is 2.75. The molecule has 0 saturated carbocycles. The lowest BCUT2D eigenvalue weighted by atomic mass is 10.2. The Kier molecular flexibility index (Phi) is 4.57. The maximum absolute atomic E-state index is 12.6. The molecule has 0 bridgehead atoms. The van der Waals surface area contributed by atoms with E-state index in [-0.39, 0.29) is 10.9 Å². The van der Waals surface area contributed by atoms with Crippen molar-refractivity contribution >= 4 is 27.3 Å². The summed E-state index contributed by atoms with van der Waals surface area (Å²) in [5, 5.41) is -0.0292. The summed E-state index contributed by atoms with van der Waals surface area (Å²) >= 11 is 0. The highest BCUT2D eigenvalue weighted by Crippen LogP contribution is 2.30. The average Bonchev–Trinajstić information content (AvgIpc) is 3.17. The predicted molar refractivity (Wildman–Crippen MR) is 91.4 cm³/mol. The Labute approximate surface area is 141 Å². The number of nitrogens with one attached hydrogen (secondary N) is 1. The maximum Gasteiger partial charge on any atom is 0.281 e. The van der Waals surface area contributed by atoms with Crippen molar-refractivity contribution in [2.75, 3.05) is 16.2 Å². The second kappa shape index (κ2) is 6.64. The molecule has 2 heterocycles. The molecule has 8 heteroatoms. The Morgan fingerprint density at radius 2 is 2.08 bits per heavy atom. The van der Waals surface area contributed by atoms with E-state index in [4.69, 9.17) is 0 Å². The second-order valence-corrected chi connectivity index (χ2v) is 7.35. The van der Waals surface area contributed by atoms with Crippen molar-refractivity contribution in [2.24, 2.45) is 0 Å². The van der Waals surface area contributed by atoms with Crippen molar-refractivity contribution in [3.05, 3.63) is 36.8 Å². The zero-order chi connectivity index (χ0) is 17.2. The number of para-hydroxylation sites is 2. The van der Waals surface area contributed by atoms with Crippen LogP contribution in [0.15, 0.2) is 41.8 Å². The monoisotopic (exact) mass is 348 g/mol. The summed E-state index contributed by atoms with van der Waals surface area (Å²) in [6.07, 6.45) is 5.18. The molecule has 128 valence electrons. The zero-order valence-electron chi connectivity index (χ0n) is 13.5. The van der Waals surface area contributed by atoms with Crippen molar-refractivity contribution in [2.45, 2.75) is 37.8 Å². The summed E-state index contributed by atoms with van der Waals surface area (Å²) in [6, 6.07) is 6.92. The van der Waals surface area contributed by atoms with Crippen LogP contribution in [0.25, 0.3) is 0 Å². The minimum Gasteiger partial charge on any atom is -0.336 e. The molecule has 1 N–H and O–H groups in total. The molecule has 1 aromatic carbocycles. The van der Waals surface area contributed by atoms with Gasteiger partial charge in [0.15, 0.2) is 5.03 Å². The summed E-state index contributed by atoms with van der Waals surface area (Å²) < 4.78 is 29.5. The summed E-state index contributed by atoms with van der Waals surface area (Å²) in [7, 11) is -3.80. The number of benzene rings is 1. The zero-order valence-corrected chi connectivity index (χ0v) is 14.3. The minimum atomic E-state index is -3.80. The van der Waals surface area contributed by atoms with E-state index in [2.05, 4.69) is 9.71 Å². The molecule has 24 heavy (non-hydrogen) atoms. The Hall–Kier alpha value is -2.35. The predicted octanol–water partition coefficient (Wildman–Crippen LogP) is 2.22. The Morgan fingerprint density at radius 1 is 1.29 bits per heavy atom. The van der Waals surface area contributed by atoms with Crippen LogP contribution in [-0.4, -0.2) is 30.4 Å². The van der Waals surface area contributed by atoms with E-state index in [1.54, 1.807) is 33.7 Å². The number of aryl methyl sites for hydroxylation is 1. The Morgan fingerprint density at radius 3 is 2.79 bits per heavy atom. The minimum absolute atomic E-state index is 0.00821. The summed E-state index contributed by atoms with van der Waals surface area (Å²) in [6.45, 7) is 3.32. The number of amides is 1. The SMILES string of the molecule is CCCn1cnc(S(=O)(=O)Nc2ccccc2N2CCCC2=O)c1. The quantitative estimate of drug-likeness (QED) is 0.867. The summed E-state index contributed by atoms with van der Waals surface area (Å²) in [5.41, 5.74) is 0.967. The lowest BCUT2D eigenvalue weighted by Gasteiger charge is -2.20. The average molecular weight is 348 g/mol. The Balaban J connectivity index is 1.88. The third-order valence-corrected chi connectivity index (χ3v) is 5.13. The number of rotatable bonds is 6. The molecule has 1 amide bonds. The molecule has 0 aliphatic carbocycles. The fourth-order valence-corrected chi connectivity index (χ4v) is 3.78. The van der Waals surface area contributed by atoms with Gasteiger partial charge in [-0.05, 0) is 25.0 Å². The first-order chi connectivity index (χ1) is 11.5. The van der Waals surface area contributed by atoms with Crippen molar-refractivity contribution in [1.29, 1.82) is 0 Å². The molecule has 1 aliphatic rings. The van der Waals surface area contributed by atoms with E-state index in [1.807, 2.05) is 6.92 Å². The molecule has 1 fully saturated rings. The first-order valence-electron chi connectivity index (χ1n) is 7.95. The van der Waals surface area contributed by atoms with Gasteiger partial charge in [-0.1, -0.05) is 19.1 Å². The van der Waals surface area contributed by atoms with Crippen LogP contribution in [0.4, 0.5) is 11.4 Å². The number of hydrogen-bond donors (Lipinski definition) is 1. The van der Waals surface area contributed by atoms with Gasteiger partial charge < -0.3 is 9.47 Å². The van der Waals surface area contributed by atoms with E-state index in [0.29, 0.717) is 30.9 Å². The highest BCUT2D eigenvalue weighted by molar-refractivity contribution is 7.92. The van der Waals surface area contributed by atoms with Crippen molar-refractivity contribution in [3.63, 3.8) is 0 Å². The number of sulfonamides is 1. The molecule has 0 radical (unpaired) electrons. The summed E-state index contributed by atoms with van der Waals surface area (Å²) in [5.74, 6) is 0.00821. The van der Waals surface area contributed by atoms with E-state index in [1.165, 1.54) is 12.5 Å². The number of aromatic nitrogens is 2. The van der Waals surface area contributed by atoms with Gasteiger partial charge in [0.25, 0.3) is 10.0 Å². The molecule has 3 rings (SSSR count). The number of nitrogens with zero attached hydrogens (tertiary/aromatic N) is 3. The van der Waals surface area contributed by atoms with Gasteiger partial charge in [0.05, 0.1) is 17.7 Å². The second-order valence-electron chi connectivity index (χ2n) is 5.72. The molecule has 0 unspecified atom stereocenters. The van der Waals surface area contributed by atoms with Crippen LogP contribution in [0, 0.1) is 0 Å². The van der Waals surface area contributed by atoms with Crippen LogP contribution in [-0.2, 0) is 21.4 Å². The fraction of sp³-hybridized carbons (Fsp3) is 0.375. The van der Waals surface area contributed by atoms with E-state index >= 15 is 0 Å². The maximum atomic E-state index is 12.6. The Bertz CT molecular complexity index is 845. The molecule has 1 aliphatic heterocycles. The standard InChI is InChI=1S/C16H20N4O3S/c1-2-9-19-11-15(17-12-19)24(22,23)18-13-6-3-4-7-14(13)20-10-5-8-16(20)21/h3-4,6-7,11-12,18H,2,5,8-10H2,1H3. The molecule has 2 aromatic rings. The van der Waals surface area contributed by atoms with E-state index in [0.717, 1.165) is 12.8 Å². The van der Waals surface area contributed by atoms with Crippen LogP contribution >= 0.6 is 0 Å². The first-order valence-corrected chi connectivity index (χ1v) is 9.43. The lowest BCUT2D eigenvalue weighted by Crippen LogP contribution is -2.25. The smallest absolute Gasteiger partial charge is 0.281 e. The van der Waals surface area contributed by atoms with Gasteiger partial charge in [-0.25, -0.2) is 4.98 Å². The number of anilines is 2. The number of carbonyl (C=O) groups is 1. The number of carbonyl (C=O) groups excluding carboxylic acids is 1. The highest BCUT2D eigenvalue weighted by Gasteiger charge is 2.26. The van der Waals surface area contributed by atoms with Crippen LogP contribution in [0.2, 0.25) is 0 Å². The summed E-state index contributed by atoms with van der Waals surface area (Å²) in [4.78, 5) is 17.6. The molecule has 1 aromatic heterocycles. The van der Waals surface area contributed by atoms with Gasteiger partial charge in [-0.2, -0.15) is 8.42 Å². The first kappa shape index (κ1) is 16.5. The van der Waals surface area contributed by atoms with Crippen LogP contribution < -0.4 is 9.62 Å². The van der Waals surface area contributed by atoms with E-state index < -0.39 is 10.0 Å². The molecular formula is C16H20N4O3S. The number of imidazole rings is 1. The van der Waals surface area contributed by atoms with Gasteiger partial charge in [-0.3, -0.25) is 9.52 Å². The third-order valence-electron chi connectivity index (χ3n) is 3.88. The van der Waals surface area contributed by atoms with Gasteiger partial charge in [0.2, 0.25) is 5.91 Å². The van der Waals surface area contributed by atoms with Gasteiger partial charge in [-0.15, -0.1) is 0 Å². The topological polar surface area (TPSA) is 84.3 Å². The molecule has 1 saturated heterocycles. The van der Waals surface area contributed by atoms with Gasteiger partial charge in [0.1, 0.15) is 0 Å².